The summed E-state index contributed by atoms with van der Waals surface area (Å²) < 4.78 is 50.9. The number of nitrogens with zero attached hydrogens (tertiary/aromatic N) is 1. The number of carbonyl (C=O) groups excluding carboxylic acids is 1. The van der Waals surface area contributed by atoms with Gasteiger partial charge in [-0.05, 0) is 25.1 Å². The van der Waals surface area contributed by atoms with Gasteiger partial charge in [0.25, 0.3) is 5.91 Å². The number of carboxylic acids is 1. The van der Waals surface area contributed by atoms with Crippen LogP contribution in [0.25, 0.3) is 0 Å². The zero-order chi connectivity index (χ0) is 16.2. The van der Waals surface area contributed by atoms with Crippen LogP contribution in [0.3, 0.4) is 0 Å². The zero-order valence-electron chi connectivity index (χ0n) is 11.1. The first-order valence-electron chi connectivity index (χ1n) is 6.04. The summed E-state index contributed by atoms with van der Waals surface area (Å²) in [6.07, 6.45) is -5.23. The number of hydrogen-bond donors (Lipinski definition) is 1. The highest BCUT2D eigenvalue weighted by atomic mass is 19.4. The van der Waals surface area contributed by atoms with Gasteiger partial charge in [0, 0.05) is 18.7 Å². The summed E-state index contributed by atoms with van der Waals surface area (Å²) in [5, 5.41) is 8.56. The van der Waals surface area contributed by atoms with E-state index >= 15 is 0 Å². The van der Waals surface area contributed by atoms with Crippen LogP contribution in [0.5, 0.6) is 0 Å². The number of benzene rings is 1. The molecular formula is C13H13F4NO3. The molecule has 4 nitrogen and oxygen atoms in total. The maximum absolute atomic E-state index is 13.1. The molecule has 0 saturated heterocycles. The van der Waals surface area contributed by atoms with Gasteiger partial charge in [-0.25, -0.2) is 4.39 Å². The Balaban J connectivity index is 3.03. The predicted octanol–water partition coefficient (Wildman–Crippen LogP) is 2.78. The lowest BCUT2D eigenvalue weighted by Gasteiger charge is -2.20. The monoisotopic (exact) mass is 307 g/mol. The van der Waals surface area contributed by atoms with Gasteiger partial charge in [-0.3, -0.25) is 9.59 Å². The normalized spacial score (nSPS) is 11.3. The summed E-state index contributed by atoms with van der Waals surface area (Å²) in [7, 11) is 0. The van der Waals surface area contributed by atoms with Gasteiger partial charge >= 0.3 is 12.1 Å². The van der Waals surface area contributed by atoms with Crippen molar-refractivity contribution in [3.05, 3.63) is 35.1 Å². The van der Waals surface area contributed by atoms with Gasteiger partial charge in [-0.2, -0.15) is 13.2 Å². The first-order chi connectivity index (χ1) is 9.66. The van der Waals surface area contributed by atoms with E-state index in [4.69, 9.17) is 5.11 Å². The van der Waals surface area contributed by atoms with Gasteiger partial charge in [0.1, 0.15) is 5.82 Å². The molecule has 1 amide bonds. The Kier molecular flexibility index (Phi) is 5.28. The second-order valence-corrected chi connectivity index (χ2v) is 4.22. The van der Waals surface area contributed by atoms with E-state index in [0.717, 1.165) is 11.0 Å². The van der Waals surface area contributed by atoms with E-state index in [-0.39, 0.29) is 25.1 Å². The Morgan fingerprint density at radius 1 is 1.29 bits per heavy atom. The minimum Gasteiger partial charge on any atom is -0.481 e. The lowest BCUT2D eigenvalue weighted by Crippen LogP contribution is -2.33. The molecule has 1 rings (SSSR count). The first kappa shape index (κ1) is 16.9. The number of carboxylic acid groups (broad SMARTS) is 1. The van der Waals surface area contributed by atoms with E-state index in [1.54, 1.807) is 6.92 Å². The SMILES string of the molecule is CCN(CCC(=O)O)C(=O)c1ccc(F)c(C(F)(F)F)c1. The van der Waals surface area contributed by atoms with Crippen LogP contribution in [0.15, 0.2) is 18.2 Å². The molecule has 0 bridgehead atoms. The fourth-order valence-corrected chi connectivity index (χ4v) is 1.69. The van der Waals surface area contributed by atoms with Crippen molar-refractivity contribution in [2.24, 2.45) is 0 Å². The second-order valence-electron chi connectivity index (χ2n) is 4.22. The van der Waals surface area contributed by atoms with Gasteiger partial charge in [0.05, 0.1) is 12.0 Å². The summed E-state index contributed by atoms with van der Waals surface area (Å²) >= 11 is 0. The van der Waals surface area contributed by atoms with E-state index < -0.39 is 29.4 Å². The molecule has 0 spiro atoms. The topological polar surface area (TPSA) is 57.6 Å². The lowest BCUT2D eigenvalue weighted by molar-refractivity contribution is -0.140. The number of aliphatic carboxylic acids is 1. The number of amides is 1. The van der Waals surface area contributed by atoms with E-state index in [0.29, 0.717) is 12.1 Å². The van der Waals surface area contributed by atoms with Gasteiger partial charge in [0.2, 0.25) is 0 Å². The number of halogens is 4. The maximum Gasteiger partial charge on any atom is 0.419 e. The minimum absolute atomic E-state index is 0.130. The Labute approximate surface area is 118 Å². The second kappa shape index (κ2) is 6.55. The molecule has 1 aromatic carbocycles. The molecule has 21 heavy (non-hydrogen) atoms. The molecule has 0 fully saturated rings. The fourth-order valence-electron chi connectivity index (χ4n) is 1.69. The molecule has 1 aromatic rings. The number of hydrogen-bond acceptors (Lipinski definition) is 2. The van der Waals surface area contributed by atoms with Gasteiger partial charge in [-0.1, -0.05) is 0 Å². The third-order valence-corrected chi connectivity index (χ3v) is 2.78. The molecule has 0 radical (unpaired) electrons. The van der Waals surface area contributed by atoms with E-state index in [1.807, 2.05) is 0 Å². The fraction of sp³-hybridized carbons (Fsp3) is 0.385. The Hall–Kier alpha value is -2.12. The molecule has 1 N–H and O–H groups in total. The van der Waals surface area contributed by atoms with Crippen LogP contribution in [-0.4, -0.2) is 35.0 Å². The largest absolute Gasteiger partial charge is 0.481 e. The van der Waals surface area contributed by atoms with E-state index in [1.165, 1.54) is 0 Å². The van der Waals surface area contributed by atoms with Crippen LogP contribution < -0.4 is 0 Å². The summed E-state index contributed by atoms with van der Waals surface area (Å²) in [6, 6.07) is 1.94. The van der Waals surface area contributed by atoms with Crippen LogP contribution in [0.1, 0.15) is 29.3 Å². The molecule has 0 aliphatic rings. The van der Waals surface area contributed by atoms with Crippen LogP contribution in [-0.2, 0) is 11.0 Å². The third kappa shape index (κ3) is 4.44. The third-order valence-electron chi connectivity index (χ3n) is 2.78. The van der Waals surface area contributed by atoms with Gasteiger partial charge in [0.15, 0.2) is 0 Å². The van der Waals surface area contributed by atoms with Crippen molar-refractivity contribution in [1.29, 1.82) is 0 Å². The molecule has 0 heterocycles. The van der Waals surface area contributed by atoms with Crippen molar-refractivity contribution in [3.8, 4) is 0 Å². The quantitative estimate of drug-likeness (QED) is 0.851. The standard InChI is InChI=1S/C13H13F4NO3/c1-2-18(6-5-11(19)20)12(21)8-3-4-10(14)9(7-8)13(15,16)17/h3-4,7H,2,5-6H2,1H3,(H,19,20). The summed E-state index contributed by atoms with van der Waals surface area (Å²) in [5.74, 6) is -3.37. The van der Waals surface area contributed by atoms with Crippen LogP contribution >= 0.6 is 0 Å². The van der Waals surface area contributed by atoms with Crippen molar-refractivity contribution in [3.63, 3.8) is 0 Å². The molecular weight excluding hydrogens is 294 g/mol. The average Bonchev–Trinajstić information content (AvgIpc) is 2.38. The first-order valence-corrected chi connectivity index (χ1v) is 6.04. The van der Waals surface area contributed by atoms with Gasteiger partial charge < -0.3 is 10.0 Å². The van der Waals surface area contributed by atoms with Crippen molar-refractivity contribution < 1.29 is 32.3 Å². The summed E-state index contributed by atoms with van der Waals surface area (Å²) in [4.78, 5) is 23.6. The molecule has 0 atom stereocenters. The number of rotatable bonds is 5. The molecule has 0 unspecified atom stereocenters. The smallest absolute Gasteiger partial charge is 0.419 e. The molecule has 0 aromatic heterocycles. The Morgan fingerprint density at radius 3 is 2.38 bits per heavy atom. The van der Waals surface area contributed by atoms with Crippen LogP contribution in [0.2, 0.25) is 0 Å². The molecule has 0 saturated carbocycles. The average molecular weight is 307 g/mol. The lowest BCUT2D eigenvalue weighted by atomic mass is 10.1. The van der Waals surface area contributed by atoms with Crippen LogP contribution in [0, 0.1) is 5.82 Å². The Morgan fingerprint density at radius 2 is 1.90 bits per heavy atom. The number of alkyl halides is 3. The molecule has 116 valence electrons. The Bertz CT molecular complexity index is 543. The highest BCUT2D eigenvalue weighted by Gasteiger charge is 2.35. The minimum atomic E-state index is -4.90. The highest BCUT2D eigenvalue weighted by Crippen LogP contribution is 2.32. The van der Waals surface area contributed by atoms with Crippen molar-refractivity contribution in [1.82, 2.24) is 4.90 Å². The maximum atomic E-state index is 13.1. The van der Waals surface area contributed by atoms with Crippen molar-refractivity contribution >= 4 is 11.9 Å². The molecule has 8 heteroatoms. The number of carbonyl (C=O) groups is 2. The molecule has 0 aliphatic carbocycles. The summed E-state index contributed by atoms with van der Waals surface area (Å²) in [6.45, 7) is 1.56. The summed E-state index contributed by atoms with van der Waals surface area (Å²) in [5.41, 5.74) is -1.86. The van der Waals surface area contributed by atoms with E-state index in [2.05, 4.69) is 0 Å². The zero-order valence-corrected chi connectivity index (χ0v) is 11.1. The predicted molar refractivity (Wildman–Crippen MR) is 65.2 cm³/mol. The van der Waals surface area contributed by atoms with E-state index in [9.17, 15) is 27.2 Å². The van der Waals surface area contributed by atoms with Crippen molar-refractivity contribution in [2.75, 3.05) is 13.1 Å². The van der Waals surface area contributed by atoms with Crippen LogP contribution in [0.4, 0.5) is 17.6 Å². The van der Waals surface area contributed by atoms with Crippen molar-refractivity contribution in [2.45, 2.75) is 19.5 Å². The molecule has 0 aliphatic heterocycles. The van der Waals surface area contributed by atoms with Gasteiger partial charge in [-0.15, -0.1) is 0 Å². The highest BCUT2D eigenvalue weighted by molar-refractivity contribution is 5.94.